The van der Waals surface area contributed by atoms with Crippen LogP contribution in [-0.2, 0) is 18.8 Å². The number of pyridine rings is 2. The monoisotopic (exact) mass is 478 g/mol. The van der Waals surface area contributed by atoms with Crippen LogP contribution in [0.1, 0.15) is 36.4 Å². The summed E-state index contributed by atoms with van der Waals surface area (Å²) in [5, 5.41) is 10.0. The normalized spacial score (nSPS) is 11.6. The fourth-order valence-electron chi connectivity index (χ4n) is 2.85. The van der Waals surface area contributed by atoms with E-state index in [1.807, 2.05) is 0 Å². The predicted octanol–water partition coefficient (Wildman–Crippen LogP) is 4.45. The summed E-state index contributed by atoms with van der Waals surface area (Å²) in [6.45, 7) is 5.19. The van der Waals surface area contributed by atoms with Gasteiger partial charge >= 0.3 is 0 Å². The number of hydrogen-bond donors (Lipinski definition) is 1. The number of aliphatic hydroxyl groups is 1. The highest BCUT2D eigenvalue weighted by atomic mass is 79.9. The number of rotatable bonds is 6. The second-order valence-corrected chi connectivity index (χ2v) is 8.27. The first kappa shape index (κ1) is 22.1. The molecule has 0 bridgehead atoms. The van der Waals surface area contributed by atoms with Gasteiger partial charge < -0.3 is 14.4 Å². The van der Waals surface area contributed by atoms with Crippen molar-refractivity contribution in [3.8, 4) is 5.75 Å². The van der Waals surface area contributed by atoms with Crippen LogP contribution in [0, 0.1) is 18.6 Å². The van der Waals surface area contributed by atoms with Crippen LogP contribution in [0.2, 0.25) is 0 Å². The second kappa shape index (κ2) is 8.65. The molecule has 0 unspecified atom stereocenters. The van der Waals surface area contributed by atoms with E-state index in [9.17, 15) is 18.7 Å². The molecule has 2 aromatic heterocycles. The van der Waals surface area contributed by atoms with Crippen LogP contribution < -0.4 is 10.3 Å². The molecule has 1 N–H and O–H groups in total. The van der Waals surface area contributed by atoms with Crippen LogP contribution >= 0.6 is 15.9 Å². The first-order valence-corrected chi connectivity index (χ1v) is 10.00. The number of hydrogen-bond acceptors (Lipinski definition) is 4. The molecule has 0 aliphatic heterocycles. The zero-order valence-corrected chi connectivity index (χ0v) is 18.3. The summed E-state index contributed by atoms with van der Waals surface area (Å²) in [5.41, 5.74) is 0.824. The smallest absolute Gasteiger partial charge is 0.269 e. The molecule has 0 atom stereocenters. The molecule has 1 aromatic carbocycles. The molecule has 3 aromatic rings. The van der Waals surface area contributed by atoms with E-state index in [2.05, 4.69) is 20.9 Å². The molecule has 0 saturated carbocycles. The summed E-state index contributed by atoms with van der Waals surface area (Å²) in [5.74, 6) is -1.11. The number of aromatic nitrogens is 2. The maximum Gasteiger partial charge on any atom is 0.269 e. The third-order valence-corrected chi connectivity index (χ3v) is 5.39. The molecule has 0 aliphatic rings. The van der Waals surface area contributed by atoms with Gasteiger partial charge in [0.05, 0.1) is 17.8 Å². The van der Waals surface area contributed by atoms with Gasteiger partial charge in [0.2, 0.25) is 0 Å². The molecule has 0 amide bonds. The second-order valence-electron chi connectivity index (χ2n) is 7.48. The Balaban J connectivity index is 1.81. The molecule has 8 heteroatoms. The Kier molecular flexibility index (Phi) is 6.38. The molecule has 0 radical (unpaired) electrons. The lowest BCUT2D eigenvalue weighted by atomic mass is 10.0. The van der Waals surface area contributed by atoms with Gasteiger partial charge in [0.25, 0.3) is 5.56 Å². The third kappa shape index (κ3) is 4.94. The largest absolute Gasteiger partial charge is 0.487 e. The van der Waals surface area contributed by atoms with Gasteiger partial charge in [-0.15, -0.1) is 0 Å². The van der Waals surface area contributed by atoms with Crippen LogP contribution in [0.5, 0.6) is 5.75 Å². The van der Waals surface area contributed by atoms with E-state index in [1.165, 1.54) is 10.6 Å². The standard InChI is InChI=1S/C22H21BrF2N2O3/c1-13-8-19(30-12-14-4-6-16(24)9-18(14)25)20(23)21(28)27(13)11-17-7-5-15(10-26-17)22(2,3)29/h4-10,29H,11-12H2,1-3H3. The van der Waals surface area contributed by atoms with Crippen molar-refractivity contribution in [2.45, 2.75) is 39.5 Å². The molecule has 158 valence electrons. The minimum absolute atomic E-state index is 0.145. The number of aryl methyl sites for hydroxylation is 1. The summed E-state index contributed by atoms with van der Waals surface area (Å²) in [4.78, 5) is 17.1. The topological polar surface area (TPSA) is 64.3 Å². The highest BCUT2D eigenvalue weighted by molar-refractivity contribution is 9.10. The van der Waals surface area contributed by atoms with Gasteiger partial charge in [-0.2, -0.15) is 0 Å². The Morgan fingerprint density at radius 2 is 1.93 bits per heavy atom. The van der Waals surface area contributed by atoms with Crippen molar-refractivity contribution < 1.29 is 18.6 Å². The van der Waals surface area contributed by atoms with Crippen molar-refractivity contribution in [1.29, 1.82) is 0 Å². The van der Waals surface area contributed by atoms with Gasteiger partial charge in [-0.05, 0) is 54.9 Å². The zero-order chi connectivity index (χ0) is 22.1. The number of ether oxygens (including phenoxy) is 1. The highest BCUT2D eigenvalue weighted by Gasteiger charge is 2.17. The van der Waals surface area contributed by atoms with Crippen molar-refractivity contribution in [1.82, 2.24) is 9.55 Å². The van der Waals surface area contributed by atoms with E-state index in [0.29, 0.717) is 17.0 Å². The van der Waals surface area contributed by atoms with Gasteiger partial charge in [-0.25, -0.2) is 8.78 Å². The fraction of sp³-hybridized carbons (Fsp3) is 0.273. The maximum absolute atomic E-state index is 13.8. The van der Waals surface area contributed by atoms with Gasteiger partial charge in [-0.1, -0.05) is 6.07 Å². The van der Waals surface area contributed by atoms with Gasteiger partial charge in [0.1, 0.15) is 28.5 Å². The van der Waals surface area contributed by atoms with Crippen molar-refractivity contribution >= 4 is 15.9 Å². The first-order chi connectivity index (χ1) is 14.1. The van der Waals surface area contributed by atoms with E-state index < -0.39 is 17.2 Å². The maximum atomic E-state index is 13.8. The number of benzene rings is 1. The van der Waals surface area contributed by atoms with E-state index in [1.54, 1.807) is 45.2 Å². The average Bonchev–Trinajstić information content (AvgIpc) is 2.68. The minimum atomic E-state index is -0.996. The lowest BCUT2D eigenvalue weighted by Crippen LogP contribution is -2.25. The Morgan fingerprint density at radius 1 is 1.20 bits per heavy atom. The van der Waals surface area contributed by atoms with E-state index in [0.717, 1.165) is 12.1 Å². The summed E-state index contributed by atoms with van der Waals surface area (Å²) in [6.07, 6.45) is 1.58. The lowest BCUT2D eigenvalue weighted by molar-refractivity contribution is 0.0782. The Hall–Kier alpha value is -2.58. The van der Waals surface area contributed by atoms with Gasteiger partial charge in [-0.3, -0.25) is 9.78 Å². The molecular weight excluding hydrogens is 458 g/mol. The van der Waals surface area contributed by atoms with Crippen molar-refractivity contribution in [2.24, 2.45) is 0 Å². The zero-order valence-electron chi connectivity index (χ0n) is 16.7. The molecule has 0 spiro atoms. The number of nitrogens with zero attached hydrogens (tertiary/aromatic N) is 2. The Morgan fingerprint density at radius 3 is 2.53 bits per heavy atom. The van der Waals surface area contributed by atoms with Gasteiger partial charge in [0, 0.05) is 35.2 Å². The fourth-order valence-corrected chi connectivity index (χ4v) is 3.30. The van der Waals surface area contributed by atoms with Crippen molar-refractivity contribution in [3.63, 3.8) is 0 Å². The average molecular weight is 479 g/mol. The Bertz CT molecular complexity index is 1120. The van der Waals surface area contributed by atoms with Crippen LogP contribution in [0.15, 0.2) is 51.9 Å². The van der Waals surface area contributed by atoms with Gasteiger partial charge in [0.15, 0.2) is 0 Å². The van der Waals surface area contributed by atoms with E-state index >= 15 is 0 Å². The number of halogens is 3. The molecule has 3 rings (SSSR count). The van der Waals surface area contributed by atoms with Crippen LogP contribution in [0.3, 0.4) is 0 Å². The molecule has 0 fully saturated rings. The predicted molar refractivity (Wildman–Crippen MR) is 112 cm³/mol. The first-order valence-electron chi connectivity index (χ1n) is 9.20. The molecule has 0 aliphatic carbocycles. The summed E-state index contributed by atoms with van der Waals surface area (Å²) >= 11 is 3.25. The lowest BCUT2D eigenvalue weighted by Gasteiger charge is -2.18. The minimum Gasteiger partial charge on any atom is -0.487 e. The van der Waals surface area contributed by atoms with Crippen LogP contribution in [0.25, 0.3) is 0 Å². The van der Waals surface area contributed by atoms with Crippen LogP contribution in [-0.4, -0.2) is 14.7 Å². The summed E-state index contributed by atoms with van der Waals surface area (Å²) in [6, 6.07) is 8.43. The van der Waals surface area contributed by atoms with E-state index in [4.69, 9.17) is 4.74 Å². The Labute approximate surface area is 181 Å². The highest BCUT2D eigenvalue weighted by Crippen LogP contribution is 2.25. The third-order valence-electron chi connectivity index (χ3n) is 4.66. The summed E-state index contributed by atoms with van der Waals surface area (Å²) < 4.78 is 34.2. The molecule has 0 saturated heterocycles. The quantitative estimate of drug-likeness (QED) is 0.568. The van der Waals surface area contributed by atoms with Crippen molar-refractivity contribution in [2.75, 3.05) is 0 Å². The molecule has 5 nitrogen and oxygen atoms in total. The summed E-state index contributed by atoms with van der Waals surface area (Å²) in [7, 11) is 0. The SMILES string of the molecule is Cc1cc(OCc2ccc(F)cc2F)c(Br)c(=O)n1Cc1ccc(C(C)(C)O)cn1. The molecule has 2 heterocycles. The van der Waals surface area contributed by atoms with Crippen LogP contribution in [0.4, 0.5) is 8.78 Å². The molecule has 30 heavy (non-hydrogen) atoms. The van der Waals surface area contributed by atoms with Crippen molar-refractivity contribution in [3.05, 3.63) is 91.6 Å². The van der Waals surface area contributed by atoms with E-state index in [-0.39, 0.29) is 34.5 Å². The molecular formula is C22H21BrF2N2O3.